The van der Waals surface area contributed by atoms with Gasteiger partial charge >= 0.3 is 0 Å². The van der Waals surface area contributed by atoms with Crippen LogP contribution < -0.4 is 22.9 Å². The normalized spacial score (nSPS) is 9.00. The predicted molar refractivity (Wildman–Crippen MR) is 61.9 cm³/mol. The third-order valence-electron chi connectivity index (χ3n) is 0.815. The van der Waals surface area contributed by atoms with Gasteiger partial charge in [0, 0.05) is 12.1 Å². The third kappa shape index (κ3) is 22.4. The van der Waals surface area contributed by atoms with Crippen molar-refractivity contribution in [2.24, 2.45) is 32.9 Å². The monoisotopic (exact) mass is 202 g/mol. The van der Waals surface area contributed by atoms with Crippen LogP contribution in [0.15, 0.2) is 9.98 Å². The predicted octanol–water partition coefficient (Wildman–Crippen LogP) is -0.664. The van der Waals surface area contributed by atoms with Crippen molar-refractivity contribution in [3.63, 3.8) is 0 Å². The molecule has 0 rings (SSSR count). The van der Waals surface area contributed by atoms with Crippen molar-refractivity contribution in [1.29, 1.82) is 0 Å². The molecule has 6 nitrogen and oxygen atoms in total. The molecule has 0 spiro atoms. The number of rotatable bonds is 2. The van der Waals surface area contributed by atoms with Gasteiger partial charge in [-0.05, 0) is 27.7 Å². The summed E-state index contributed by atoms with van der Waals surface area (Å²) in [5, 5.41) is 0. The van der Waals surface area contributed by atoms with E-state index in [0.29, 0.717) is 0 Å². The summed E-state index contributed by atoms with van der Waals surface area (Å²) >= 11 is 0. The molecule has 0 saturated heterocycles. The van der Waals surface area contributed by atoms with Gasteiger partial charge < -0.3 is 22.9 Å². The number of hydrogen-bond acceptors (Lipinski definition) is 2. The summed E-state index contributed by atoms with van der Waals surface area (Å²) in [6.45, 7) is 7.67. The van der Waals surface area contributed by atoms with E-state index in [1.807, 2.05) is 27.7 Å². The lowest BCUT2D eigenvalue weighted by Gasteiger charge is -1.93. The van der Waals surface area contributed by atoms with E-state index in [9.17, 15) is 0 Å². The first-order valence-electron chi connectivity index (χ1n) is 4.43. The van der Waals surface area contributed by atoms with Crippen LogP contribution in [0.1, 0.15) is 27.7 Å². The molecule has 0 radical (unpaired) electrons. The largest absolute Gasteiger partial charge is 0.370 e. The van der Waals surface area contributed by atoms with E-state index < -0.39 is 0 Å². The van der Waals surface area contributed by atoms with Gasteiger partial charge in [-0.2, -0.15) is 0 Å². The quantitative estimate of drug-likeness (QED) is 0.350. The summed E-state index contributed by atoms with van der Waals surface area (Å²) in [5.74, 6) is 0.324. The van der Waals surface area contributed by atoms with Gasteiger partial charge in [-0.3, -0.25) is 9.98 Å². The molecule has 0 aromatic rings. The van der Waals surface area contributed by atoms with Crippen LogP contribution in [0.5, 0.6) is 0 Å². The van der Waals surface area contributed by atoms with Crippen molar-refractivity contribution < 1.29 is 0 Å². The Morgan fingerprint density at radius 2 is 0.929 bits per heavy atom. The van der Waals surface area contributed by atoms with Gasteiger partial charge in [0.25, 0.3) is 0 Å². The highest BCUT2D eigenvalue weighted by molar-refractivity contribution is 5.76. The zero-order valence-corrected chi connectivity index (χ0v) is 9.36. The fourth-order valence-electron chi connectivity index (χ4n) is 0.596. The van der Waals surface area contributed by atoms with E-state index in [1.165, 1.54) is 0 Å². The van der Waals surface area contributed by atoms with Gasteiger partial charge in [-0.1, -0.05) is 0 Å². The molecule has 0 unspecified atom stereocenters. The van der Waals surface area contributed by atoms with Gasteiger partial charge in [0.15, 0.2) is 11.9 Å². The Morgan fingerprint density at radius 1 is 0.714 bits per heavy atom. The highest BCUT2D eigenvalue weighted by Crippen LogP contribution is 1.81. The summed E-state index contributed by atoms with van der Waals surface area (Å²) < 4.78 is 0. The number of hydrogen-bond donors (Lipinski definition) is 4. The maximum atomic E-state index is 5.02. The molecule has 0 bridgehead atoms. The average molecular weight is 202 g/mol. The summed E-state index contributed by atoms with van der Waals surface area (Å²) in [4.78, 5) is 7.50. The standard InChI is InChI=1S/2C4H11N3/c2*1-3(2)7-4(5)6/h2*3H,1-2H3,(H4,5,6,7). The van der Waals surface area contributed by atoms with E-state index >= 15 is 0 Å². The van der Waals surface area contributed by atoms with Crippen molar-refractivity contribution in [3.05, 3.63) is 0 Å². The molecule has 14 heavy (non-hydrogen) atoms. The summed E-state index contributed by atoms with van der Waals surface area (Å²) in [7, 11) is 0. The van der Waals surface area contributed by atoms with Crippen molar-refractivity contribution in [3.8, 4) is 0 Å². The fraction of sp³-hybridized carbons (Fsp3) is 0.750. The number of guanidine groups is 2. The lowest BCUT2D eigenvalue weighted by Crippen LogP contribution is -2.24. The lowest BCUT2D eigenvalue weighted by atomic mass is 10.4. The fourth-order valence-corrected chi connectivity index (χ4v) is 0.596. The molecule has 0 amide bonds. The molecule has 0 aromatic carbocycles. The first kappa shape index (κ1) is 15.0. The summed E-state index contributed by atoms with van der Waals surface area (Å²) in [6, 6.07) is 0.426. The SMILES string of the molecule is CC(C)N=C(N)N.CC(C)N=C(N)N. The van der Waals surface area contributed by atoms with E-state index in [1.54, 1.807) is 0 Å². The molecule has 0 aliphatic rings. The van der Waals surface area contributed by atoms with Gasteiger partial charge in [0.05, 0.1) is 0 Å². The molecule has 0 fully saturated rings. The number of aliphatic imine (C=N–C) groups is 2. The van der Waals surface area contributed by atoms with Crippen LogP contribution in [0.2, 0.25) is 0 Å². The van der Waals surface area contributed by atoms with Gasteiger partial charge in [0.1, 0.15) is 0 Å². The van der Waals surface area contributed by atoms with Gasteiger partial charge in [-0.15, -0.1) is 0 Å². The zero-order chi connectivity index (χ0) is 11.7. The van der Waals surface area contributed by atoms with Crippen LogP contribution in [0.4, 0.5) is 0 Å². The Morgan fingerprint density at radius 3 is 0.929 bits per heavy atom. The van der Waals surface area contributed by atoms with Crippen LogP contribution in [0.3, 0.4) is 0 Å². The van der Waals surface area contributed by atoms with Crippen LogP contribution in [-0.4, -0.2) is 24.0 Å². The molecule has 0 aromatic heterocycles. The van der Waals surface area contributed by atoms with Crippen LogP contribution >= 0.6 is 0 Å². The second kappa shape index (κ2) is 8.15. The van der Waals surface area contributed by atoms with E-state index in [4.69, 9.17) is 22.9 Å². The van der Waals surface area contributed by atoms with E-state index in [2.05, 4.69) is 9.98 Å². The molecule has 0 saturated carbocycles. The van der Waals surface area contributed by atoms with Gasteiger partial charge in [-0.25, -0.2) is 0 Å². The Balaban J connectivity index is 0. The molecular weight excluding hydrogens is 180 g/mol. The first-order valence-corrected chi connectivity index (χ1v) is 4.43. The molecule has 0 aliphatic heterocycles. The maximum absolute atomic E-state index is 5.02. The van der Waals surface area contributed by atoms with Crippen molar-refractivity contribution in [2.45, 2.75) is 39.8 Å². The molecule has 0 atom stereocenters. The smallest absolute Gasteiger partial charge is 0.186 e. The Kier molecular flexibility index (Phi) is 8.75. The minimum Gasteiger partial charge on any atom is -0.370 e. The van der Waals surface area contributed by atoms with Crippen molar-refractivity contribution >= 4 is 11.9 Å². The summed E-state index contributed by atoms with van der Waals surface area (Å²) in [5.41, 5.74) is 20.1. The van der Waals surface area contributed by atoms with Crippen LogP contribution in [0.25, 0.3) is 0 Å². The number of nitrogens with zero attached hydrogens (tertiary/aromatic N) is 2. The van der Waals surface area contributed by atoms with E-state index in [-0.39, 0.29) is 24.0 Å². The van der Waals surface area contributed by atoms with Gasteiger partial charge in [0.2, 0.25) is 0 Å². The molecular formula is C8H22N6. The molecule has 0 heterocycles. The topological polar surface area (TPSA) is 129 Å². The molecule has 84 valence electrons. The lowest BCUT2D eigenvalue weighted by molar-refractivity contribution is 0.831. The van der Waals surface area contributed by atoms with E-state index in [0.717, 1.165) is 0 Å². The summed E-state index contributed by atoms with van der Waals surface area (Å²) in [6.07, 6.45) is 0. The minimum absolute atomic E-state index is 0.162. The third-order valence-corrected chi connectivity index (χ3v) is 0.815. The zero-order valence-electron chi connectivity index (χ0n) is 9.36. The maximum Gasteiger partial charge on any atom is 0.186 e. The minimum atomic E-state index is 0.162. The Bertz CT molecular complexity index is 164. The van der Waals surface area contributed by atoms with Crippen molar-refractivity contribution in [2.75, 3.05) is 0 Å². The van der Waals surface area contributed by atoms with Crippen LogP contribution in [0, 0.1) is 0 Å². The van der Waals surface area contributed by atoms with Crippen molar-refractivity contribution in [1.82, 2.24) is 0 Å². The molecule has 8 N–H and O–H groups in total. The van der Waals surface area contributed by atoms with Crippen LogP contribution in [-0.2, 0) is 0 Å². The number of nitrogens with two attached hydrogens (primary N) is 4. The second-order valence-electron chi connectivity index (χ2n) is 3.30. The average Bonchev–Trinajstić information content (AvgIpc) is 1.79. The molecule has 6 heteroatoms. The highest BCUT2D eigenvalue weighted by Gasteiger charge is 1.84. The first-order chi connectivity index (χ1) is 6.25. The Labute approximate surface area is 85.4 Å². The second-order valence-corrected chi connectivity index (χ2v) is 3.30. The highest BCUT2D eigenvalue weighted by atomic mass is 15.0. The molecule has 0 aliphatic carbocycles. The Hall–Kier alpha value is -1.46.